The number of rotatable bonds is 3. The van der Waals surface area contributed by atoms with E-state index in [-0.39, 0.29) is 18.0 Å². The Hall–Kier alpha value is -3.31. The monoisotopic (exact) mass is 391 g/mol. The van der Waals surface area contributed by atoms with Crippen molar-refractivity contribution in [2.24, 2.45) is 0 Å². The predicted molar refractivity (Wildman–Crippen MR) is 111 cm³/mol. The number of fused-ring (bicyclic) bond motifs is 1. The molecule has 2 N–H and O–H groups in total. The van der Waals surface area contributed by atoms with Gasteiger partial charge in [-0.2, -0.15) is 0 Å². The SMILES string of the molecule is CN1C(=O)c2ccccc2N[C@H]1c1cccc(NC(=O)c2ccccc2Cl)c1. The van der Waals surface area contributed by atoms with Gasteiger partial charge in [0.1, 0.15) is 6.17 Å². The number of hydrogen-bond acceptors (Lipinski definition) is 3. The first-order valence-corrected chi connectivity index (χ1v) is 9.21. The number of anilines is 2. The lowest BCUT2D eigenvalue weighted by Crippen LogP contribution is -2.40. The first kappa shape index (κ1) is 18.1. The molecule has 1 aliphatic heterocycles. The van der Waals surface area contributed by atoms with Crippen molar-refractivity contribution < 1.29 is 9.59 Å². The number of nitrogens with one attached hydrogen (secondary N) is 2. The van der Waals surface area contributed by atoms with E-state index in [0.717, 1.165) is 11.3 Å². The summed E-state index contributed by atoms with van der Waals surface area (Å²) in [6, 6.07) is 21.7. The van der Waals surface area contributed by atoms with E-state index in [2.05, 4.69) is 10.6 Å². The zero-order chi connectivity index (χ0) is 19.7. The molecule has 0 saturated heterocycles. The van der Waals surface area contributed by atoms with Crippen LogP contribution in [-0.2, 0) is 0 Å². The van der Waals surface area contributed by atoms with Gasteiger partial charge in [0.05, 0.1) is 16.1 Å². The molecule has 0 saturated carbocycles. The van der Waals surface area contributed by atoms with Gasteiger partial charge in [-0.15, -0.1) is 0 Å². The van der Waals surface area contributed by atoms with Crippen molar-refractivity contribution in [2.45, 2.75) is 6.17 Å². The molecule has 1 atom stereocenters. The van der Waals surface area contributed by atoms with E-state index in [1.807, 2.05) is 36.4 Å². The largest absolute Gasteiger partial charge is 0.361 e. The second kappa shape index (κ2) is 7.37. The molecule has 3 aromatic carbocycles. The van der Waals surface area contributed by atoms with Gasteiger partial charge in [0.2, 0.25) is 0 Å². The van der Waals surface area contributed by atoms with Crippen LogP contribution in [0.15, 0.2) is 72.8 Å². The molecule has 140 valence electrons. The second-order valence-electron chi connectivity index (χ2n) is 6.57. The Morgan fingerprint density at radius 1 is 1.04 bits per heavy atom. The summed E-state index contributed by atoms with van der Waals surface area (Å²) in [7, 11) is 1.75. The Morgan fingerprint density at radius 2 is 1.79 bits per heavy atom. The summed E-state index contributed by atoms with van der Waals surface area (Å²) in [6.45, 7) is 0. The highest BCUT2D eigenvalue weighted by Gasteiger charge is 2.30. The molecule has 3 aromatic rings. The number of halogens is 1. The van der Waals surface area contributed by atoms with Gasteiger partial charge in [0.15, 0.2) is 0 Å². The highest BCUT2D eigenvalue weighted by atomic mass is 35.5. The number of amides is 2. The van der Waals surface area contributed by atoms with Crippen LogP contribution in [0.1, 0.15) is 32.4 Å². The van der Waals surface area contributed by atoms with Crippen molar-refractivity contribution in [1.82, 2.24) is 4.90 Å². The molecule has 0 aliphatic carbocycles. The molecule has 0 radical (unpaired) electrons. The molecule has 0 spiro atoms. The van der Waals surface area contributed by atoms with Crippen LogP contribution in [-0.4, -0.2) is 23.8 Å². The Bertz CT molecular complexity index is 1070. The summed E-state index contributed by atoms with van der Waals surface area (Å²) in [4.78, 5) is 26.9. The van der Waals surface area contributed by atoms with Gasteiger partial charge >= 0.3 is 0 Å². The van der Waals surface area contributed by atoms with Crippen molar-refractivity contribution in [2.75, 3.05) is 17.7 Å². The molecular formula is C22H18ClN3O2. The summed E-state index contributed by atoms with van der Waals surface area (Å²) in [5, 5.41) is 6.65. The van der Waals surface area contributed by atoms with Crippen molar-refractivity contribution in [3.8, 4) is 0 Å². The molecule has 0 unspecified atom stereocenters. The standard InChI is InChI=1S/C22H18ClN3O2/c1-26-20(25-19-12-5-3-10-17(19)22(26)28)14-7-6-8-15(13-14)24-21(27)16-9-2-4-11-18(16)23/h2-13,20,25H,1H3,(H,24,27)/t20-/m1/s1. The third kappa shape index (κ3) is 3.32. The first-order valence-electron chi connectivity index (χ1n) is 8.83. The maximum Gasteiger partial charge on any atom is 0.257 e. The van der Waals surface area contributed by atoms with Gasteiger partial charge in [0, 0.05) is 18.4 Å². The third-order valence-electron chi connectivity index (χ3n) is 4.74. The summed E-state index contributed by atoms with van der Waals surface area (Å²) in [6.07, 6.45) is -0.334. The molecule has 1 heterocycles. The zero-order valence-corrected chi connectivity index (χ0v) is 15.9. The van der Waals surface area contributed by atoms with Crippen LogP contribution in [0.4, 0.5) is 11.4 Å². The number of carbonyl (C=O) groups excluding carboxylic acids is 2. The van der Waals surface area contributed by atoms with Crippen molar-refractivity contribution in [3.05, 3.63) is 94.5 Å². The molecule has 2 amide bonds. The fourth-order valence-corrected chi connectivity index (χ4v) is 3.51. The van der Waals surface area contributed by atoms with Gasteiger partial charge in [0.25, 0.3) is 11.8 Å². The van der Waals surface area contributed by atoms with Crippen LogP contribution in [0, 0.1) is 0 Å². The smallest absolute Gasteiger partial charge is 0.257 e. The Labute approximate surface area is 167 Å². The summed E-state index contributed by atoms with van der Waals surface area (Å²) < 4.78 is 0. The number of carbonyl (C=O) groups is 2. The molecule has 0 fully saturated rings. The highest BCUT2D eigenvalue weighted by Crippen LogP contribution is 2.32. The van der Waals surface area contributed by atoms with E-state index in [1.54, 1.807) is 48.3 Å². The van der Waals surface area contributed by atoms with E-state index in [9.17, 15) is 9.59 Å². The number of hydrogen-bond donors (Lipinski definition) is 2. The fraction of sp³-hybridized carbons (Fsp3) is 0.0909. The van der Waals surface area contributed by atoms with E-state index in [0.29, 0.717) is 21.8 Å². The molecule has 4 rings (SSSR count). The van der Waals surface area contributed by atoms with Crippen LogP contribution < -0.4 is 10.6 Å². The van der Waals surface area contributed by atoms with Crippen molar-refractivity contribution in [3.63, 3.8) is 0 Å². The van der Waals surface area contributed by atoms with Crippen LogP contribution in [0.25, 0.3) is 0 Å². The van der Waals surface area contributed by atoms with Crippen LogP contribution in [0.2, 0.25) is 5.02 Å². The average molecular weight is 392 g/mol. The molecule has 28 heavy (non-hydrogen) atoms. The first-order chi connectivity index (χ1) is 13.5. The van der Waals surface area contributed by atoms with E-state index >= 15 is 0 Å². The van der Waals surface area contributed by atoms with Gasteiger partial charge in [-0.25, -0.2) is 0 Å². The molecule has 6 heteroatoms. The molecule has 5 nitrogen and oxygen atoms in total. The Balaban J connectivity index is 1.60. The second-order valence-corrected chi connectivity index (χ2v) is 6.98. The van der Waals surface area contributed by atoms with E-state index in [4.69, 9.17) is 11.6 Å². The minimum atomic E-state index is -0.334. The van der Waals surface area contributed by atoms with E-state index < -0.39 is 0 Å². The van der Waals surface area contributed by atoms with Gasteiger partial charge in [-0.1, -0.05) is 48.0 Å². The van der Waals surface area contributed by atoms with Gasteiger partial charge < -0.3 is 15.5 Å². The quantitative estimate of drug-likeness (QED) is 0.674. The molecule has 1 aliphatic rings. The van der Waals surface area contributed by atoms with Crippen LogP contribution in [0.3, 0.4) is 0 Å². The molecule has 0 aromatic heterocycles. The summed E-state index contributed by atoms with van der Waals surface area (Å²) in [5.41, 5.74) is 3.34. The van der Waals surface area contributed by atoms with Gasteiger partial charge in [-0.05, 0) is 42.0 Å². The number of benzene rings is 3. The van der Waals surface area contributed by atoms with Crippen molar-refractivity contribution >= 4 is 34.8 Å². The lowest BCUT2D eigenvalue weighted by Gasteiger charge is -2.35. The maximum absolute atomic E-state index is 12.7. The van der Waals surface area contributed by atoms with Crippen LogP contribution >= 0.6 is 11.6 Å². The average Bonchev–Trinajstić information content (AvgIpc) is 2.71. The summed E-state index contributed by atoms with van der Waals surface area (Å²) in [5.74, 6) is -0.334. The lowest BCUT2D eigenvalue weighted by atomic mass is 10.0. The Morgan fingerprint density at radius 3 is 2.61 bits per heavy atom. The van der Waals surface area contributed by atoms with Gasteiger partial charge in [-0.3, -0.25) is 9.59 Å². The minimum absolute atomic E-state index is 0.0511. The third-order valence-corrected chi connectivity index (χ3v) is 5.07. The van der Waals surface area contributed by atoms with Crippen molar-refractivity contribution in [1.29, 1.82) is 0 Å². The highest BCUT2D eigenvalue weighted by molar-refractivity contribution is 6.34. The normalized spacial score (nSPS) is 15.6. The molecular weight excluding hydrogens is 374 g/mol. The lowest BCUT2D eigenvalue weighted by molar-refractivity contribution is 0.0735. The van der Waals surface area contributed by atoms with Crippen LogP contribution in [0.5, 0.6) is 0 Å². The number of para-hydroxylation sites is 1. The maximum atomic E-state index is 12.7. The topological polar surface area (TPSA) is 61.4 Å². The Kier molecular flexibility index (Phi) is 4.75. The fourth-order valence-electron chi connectivity index (χ4n) is 3.28. The number of nitrogens with zero attached hydrogens (tertiary/aromatic N) is 1. The van der Waals surface area contributed by atoms with E-state index in [1.165, 1.54) is 0 Å². The molecule has 0 bridgehead atoms. The zero-order valence-electron chi connectivity index (χ0n) is 15.1. The predicted octanol–water partition coefficient (Wildman–Crippen LogP) is 4.79. The summed E-state index contributed by atoms with van der Waals surface area (Å²) >= 11 is 6.11. The minimum Gasteiger partial charge on any atom is -0.361 e.